The minimum absolute atomic E-state index is 0.139. The molecule has 0 aromatic rings. The van der Waals surface area contributed by atoms with E-state index in [0.717, 1.165) is 18.9 Å². The summed E-state index contributed by atoms with van der Waals surface area (Å²) in [5, 5.41) is 11.2. The van der Waals surface area contributed by atoms with Gasteiger partial charge in [-0.3, -0.25) is 0 Å². The molecular formula is C12H21NO4. The maximum atomic E-state index is 11.3. The highest BCUT2D eigenvalue weighted by Crippen LogP contribution is 2.04. The van der Waals surface area contributed by atoms with Gasteiger partial charge in [-0.25, -0.2) is 9.59 Å². The van der Waals surface area contributed by atoms with Crippen molar-refractivity contribution < 1.29 is 19.4 Å². The standard InChI is InChI=1S/C12H21NO4/c1-4-5-6-17-12(16)13-10(3)7-9(2)8-11(14)15/h8,10H,4-7H2,1-3H3,(H,13,16)(H,14,15)/b9-8+. The summed E-state index contributed by atoms with van der Waals surface area (Å²) >= 11 is 0. The number of aliphatic carboxylic acids is 1. The fraction of sp³-hybridized carbons (Fsp3) is 0.667. The SMILES string of the molecule is CCCCOC(=O)NC(C)C/C(C)=C/C(=O)O. The first kappa shape index (κ1) is 15.5. The molecule has 2 N–H and O–H groups in total. The van der Waals surface area contributed by atoms with Crippen LogP contribution in [0.5, 0.6) is 0 Å². The molecule has 5 heteroatoms. The van der Waals surface area contributed by atoms with E-state index in [2.05, 4.69) is 5.32 Å². The van der Waals surface area contributed by atoms with Gasteiger partial charge in [-0.1, -0.05) is 18.9 Å². The van der Waals surface area contributed by atoms with Crippen molar-refractivity contribution >= 4 is 12.1 Å². The van der Waals surface area contributed by atoms with Crippen LogP contribution < -0.4 is 5.32 Å². The summed E-state index contributed by atoms with van der Waals surface area (Å²) in [6.45, 7) is 5.96. The van der Waals surface area contributed by atoms with Gasteiger partial charge in [0.05, 0.1) is 6.61 Å². The maximum Gasteiger partial charge on any atom is 0.407 e. The number of nitrogens with one attached hydrogen (secondary N) is 1. The van der Waals surface area contributed by atoms with Crippen LogP contribution in [0.15, 0.2) is 11.6 Å². The Kier molecular flexibility index (Phi) is 7.84. The lowest BCUT2D eigenvalue weighted by atomic mass is 10.1. The van der Waals surface area contributed by atoms with E-state index in [1.54, 1.807) is 13.8 Å². The lowest BCUT2D eigenvalue weighted by Gasteiger charge is -2.13. The number of unbranched alkanes of at least 4 members (excludes halogenated alkanes) is 1. The summed E-state index contributed by atoms with van der Waals surface area (Å²) in [6, 6.07) is -0.139. The highest BCUT2D eigenvalue weighted by atomic mass is 16.5. The molecule has 0 aliphatic rings. The van der Waals surface area contributed by atoms with Crippen LogP contribution in [0.4, 0.5) is 4.79 Å². The van der Waals surface area contributed by atoms with Crippen LogP contribution in [0.3, 0.4) is 0 Å². The Labute approximate surface area is 102 Å². The van der Waals surface area contributed by atoms with Crippen molar-refractivity contribution in [3.63, 3.8) is 0 Å². The van der Waals surface area contributed by atoms with Crippen LogP contribution in [0.2, 0.25) is 0 Å². The number of alkyl carbamates (subject to hydrolysis) is 1. The minimum Gasteiger partial charge on any atom is -0.478 e. The fourth-order valence-corrected chi connectivity index (χ4v) is 1.36. The van der Waals surface area contributed by atoms with Crippen molar-refractivity contribution in [2.24, 2.45) is 0 Å². The number of carbonyl (C=O) groups excluding carboxylic acids is 1. The predicted molar refractivity (Wildman–Crippen MR) is 64.9 cm³/mol. The Bertz CT molecular complexity index is 286. The molecule has 17 heavy (non-hydrogen) atoms. The van der Waals surface area contributed by atoms with Gasteiger partial charge in [-0.05, 0) is 26.7 Å². The van der Waals surface area contributed by atoms with Crippen molar-refractivity contribution in [1.82, 2.24) is 5.32 Å². The summed E-state index contributed by atoms with van der Waals surface area (Å²) in [7, 11) is 0. The minimum atomic E-state index is -0.972. The topological polar surface area (TPSA) is 75.6 Å². The molecule has 5 nitrogen and oxygen atoms in total. The third-order valence-electron chi connectivity index (χ3n) is 2.09. The first-order valence-electron chi connectivity index (χ1n) is 5.79. The van der Waals surface area contributed by atoms with E-state index in [4.69, 9.17) is 9.84 Å². The lowest BCUT2D eigenvalue weighted by molar-refractivity contribution is -0.131. The second kappa shape index (κ2) is 8.61. The van der Waals surface area contributed by atoms with E-state index in [1.807, 2.05) is 6.92 Å². The van der Waals surface area contributed by atoms with E-state index < -0.39 is 12.1 Å². The number of amides is 1. The van der Waals surface area contributed by atoms with E-state index in [0.29, 0.717) is 18.6 Å². The summed E-state index contributed by atoms with van der Waals surface area (Å²) in [5.41, 5.74) is 0.707. The number of rotatable bonds is 7. The van der Waals surface area contributed by atoms with E-state index in [1.165, 1.54) is 0 Å². The van der Waals surface area contributed by atoms with Gasteiger partial charge < -0.3 is 15.2 Å². The summed E-state index contributed by atoms with van der Waals surface area (Å²) in [5.74, 6) is -0.972. The smallest absolute Gasteiger partial charge is 0.407 e. The third-order valence-corrected chi connectivity index (χ3v) is 2.09. The zero-order valence-corrected chi connectivity index (χ0v) is 10.7. The zero-order valence-electron chi connectivity index (χ0n) is 10.7. The lowest BCUT2D eigenvalue weighted by Crippen LogP contribution is -2.33. The largest absolute Gasteiger partial charge is 0.478 e. The molecule has 0 aromatic carbocycles. The summed E-state index contributed by atoms with van der Waals surface area (Å²) in [6.07, 6.45) is 3.01. The van der Waals surface area contributed by atoms with Crippen molar-refractivity contribution in [3.8, 4) is 0 Å². The van der Waals surface area contributed by atoms with Gasteiger partial charge in [0.2, 0.25) is 0 Å². The monoisotopic (exact) mass is 243 g/mol. The van der Waals surface area contributed by atoms with Crippen molar-refractivity contribution in [1.29, 1.82) is 0 Å². The van der Waals surface area contributed by atoms with Gasteiger partial charge in [-0.2, -0.15) is 0 Å². The molecular weight excluding hydrogens is 222 g/mol. The van der Waals surface area contributed by atoms with Crippen molar-refractivity contribution in [2.45, 2.75) is 46.1 Å². The number of hydrogen-bond donors (Lipinski definition) is 2. The van der Waals surface area contributed by atoms with Gasteiger partial charge in [-0.15, -0.1) is 0 Å². The maximum absolute atomic E-state index is 11.3. The highest BCUT2D eigenvalue weighted by molar-refractivity contribution is 5.80. The molecule has 0 aliphatic carbocycles. The fourth-order valence-electron chi connectivity index (χ4n) is 1.36. The summed E-state index contributed by atoms with van der Waals surface area (Å²) < 4.78 is 4.93. The molecule has 1 atom stereocenters. The highest BCUT2D eigenvalue weighted by Gasteiger charge is 2.08. The van der Waals surface area contributed by atoms with Crippen LogP contribution in [-0.4, -0.2) is 29.8 Å². The number of carbonyl (C=O) groups is 2. The molecule has 0 heterocycles. The average molecular weight is 243 g/mol. The molecule has 0 aliphatic heterocycles. The average Bonchev–Trinajstić information content (AvgIpc) is 2.15. The van der Waals surface area contributed by atoms with Crippen LogP contribution >= 0.6 is 0 Å². The number of carboxylic acid groups (broad SMARTS) is 1. The van der Waals surface area contributed by atoms with Gasteiger partial charge in [0.1, 0.15) is 0 Å². The molecule has 0 rings (SSSR count). The van der Waals surface area contributed by atoms with Gasteiger partial charge in [0.25, 0.3) is 0 Å². The third kappa shape index (κ3) is 9.41. The van der Waals surface area contributed by atoms with Gasteiger partial charge in [0, 0.05) is 12.1 Å². The normalized spacial score (nSPS) is 13.0. The van der Waals surface area contributed by atoms with Crippen LogP contribution in [0.1, 0.15) is 40.0 Å². The second-order valence-electron chi connectivity index (χ2n) is 4.07. The number of carboxylic acids is 1. The van der Waals surface area contributed by atoms with E-state index in [9.17, 15) is 9.59 Å². The van der Waals surface area contributed by atoms with Crippen molar-refractivity contribution in [3.05, 3.63) is 11.6 Å². The molecule has 0 saturated carbocycles. The quantitative estimate of drug-likeness (QED) is 0.531. The first-order valence-corrected chi connectivity index (χ1v) is 5.79. The van der Waals surface area contributed by atoms with E-state index in [-0.39, 0.29) is 6.04 Å². The second-order valence-corrected chi connectivity index (χ2v) is 4.07. The summed E-state index contributed by atoms with van der Waals surface area (Å²) in [4.78, 5) is 21.7. The number of hydrogen-bond acceptors (Lipinski definition) is 3. The molecule has 1 amide bonds. The first-order chi connectivity index (χ1) is 7.95. The molecule has 0 bridgehead atoms. The molecule has 1 unspecified atom stereocenters. The van der Waals surface area contributed by atoms with Crippen LogP contribution in [0, 0.1) is 0 Å². The Morgan fingerprint density at radius 1 is 1.47 bits per heavy atom. The Morgan fingerprint density at radius 3 is 2.65 bits per heavy atom. The predicted octanol–water partition coefficient (Wildman–Crippen LogP) is 2.32. The number of ether oxygens (including phenoxy) is 1. The Hall–Kier alpha value is -1.52. The Morgan fingerprint density at radius 2 is 2.12 bits per heavy atom. The molecule has 0 radical (unpaired) electrons. The molecule has 0 fully saturated rings. The van der Waals surface area contributed by atoms with Gasteiger partial charge >= 0.3 is 12.1 Å². The van der Waals surface area contributed by atoms with E-state index >= 15 is 0 Å². The zero-order chi connectivity index (χ0) is 13.3. The van der Waals surface area contributed by atoms with Crippen LogP contribution in [0.25, 0.3) is 0 Å². The van der Waals surface area contributed by atoms with Gasteiger partial charge in [0.15, 0.2) is 0 Å². The molecule has 98 valence electrons. The molecule has 0 aromatic heterocycles. The molecule has 0 spiro atoms. The molecule has 0 saturated heterocycles. The Balaban J connectivity index is 3.88. The van der Waals surface area contributed by atoms with Crippen LogP contribution in [-0.2, 0) is 9.53 Å². The van der Waals surface area contributed by atoms with Crippen molar-refractivity contribution in [2.75, 3.05) is 6.61 Å².